The van der Waals surface area contributed by atoms with Crippen LogP contribution >= 0.6 is 0 Å². The second-order valence-corrected chi connectivity index (χ2v) is 5.52. The molecule has 0 unspecified atom stereocenters. The van der Waals surface area contributed by atoms with Gasteiger partial charge >= 0.3 is 5.97 Å². The molecule has 1 fully saturated rings. The van der Waals surface area contributed by atoms with E-state index in [1.165, 1.54) is 0 Å². The van der Waals surface area contributed by atoms with Gasteiger partial charge in [0.2, 0.25) is 0 Å². The van der Waals surface area contributed by atoms with Crippen molar-refractivity contribution in [3.8, 4) is 0 Å². The summed E-state index contributed by atoms with van der Waals surface area (Å²) in [6, 6.07) is 0. The number of aliphatic hydroxyl groups is 1. The minimum Gasteiger partial charge on any atom is -0.477 e. The van der Waals surface area contributed by atoms with E-state index >= 15 is 0 Å². The first-order chi connectivity index (χ1) is 9.41. The fraction of sp³-hybridized carbons (Fsp3) is 0.615. The van der Waals surface area contributed by atoms with E-state index in [-0.39, 0.29) is 17.9 Å². The van der Waals surface area contributed by atoms with E-state index in [0.717, 1.165) is 19.2 Å². The molecule has 110 valence electrons. The second-order valence-electron chi connectivity index (χ2n) is 5.52. The number of H-pyrrole nitrogens is 1. The van der Waals surface area contributed by atoms with E-state index in [4.69, 9.17) is 5.11 Å². The molecule has 7 nitrogen and oxygen atoms in total. The number of nitrogens with zero attached hydrogens (tertiary/aromatic N) is 1. The summed E-state index contributed by atoms with van der Waals surface area (Å²) in [5.74, 6) is -1.23. The highest BCUT2D eigenvalue weighted by Crippen LogP contribution is 2.31. The lowest BCUT2D eigenvalue weighted by Gasteiger charge is -2.34. The van der Waals surface area contributed by atoms with E-state index in [2.05, 4.69) is 22.2 Å². The maximum atomic E-state index is 11.9. The molecule has 1 aromatic rings. The molecular weight excluding hydrogens is 262 g/mol. The van der Waals surface area contributed by atoms with E-state index in [0.29, 0.717) is 18.8 Å². The Labute approximate surface area is 116 Å². The molecule has 0 saturated heterocycles. The number of carboxylic acid groups (broad SMARTS) is 1. The van der Waals surface area contributed by atoms with Crippen LogP contribution < -0.4 is 5.32 Å². The lowest BCUT2D eigenvalue weighted by Crippen LogP contribution is -2.45. The van der Waals surface area contributed by atoms with Gasteiger partial charge in [0.15, 0.2) is 11.4 Å². The average Bonchev–Trinajstić information content (AvgIpc) is 2.89. The normalized spacial score (nSPS) is 26.2. The van der Waals surface area contributed by atoms with E-state index in [1.807, 2.05) is 0 Å². The van der Waals surface area contributed by atoms with Crippen molar-refractivity contribution in [2.45, 2.75) is 38.2 Å². The number of aromatic amines is 1. The quantitative estimate of drug-likeness (QED) is 0.651. The first kappa shape index (κ1) is 14.5. The number of hydrogen-bond donors (Lipinski definition) is 4. The Bertz CT molecular complexity index is 503. The molecule has 1 saturated carbocycles. The Morgan fingerprint density at radius 1 is 1.50 bits per heavy atom. The summed E-state index contributed by atoms with van der Waals surface area (Å²) >= 11 is 0. The molecule has 1 aliphatic rings. The maximum absolute atomic E-state index is 11.9. The number of aromatic nitrogens is 2. The number of carbonyl (C=O) groups excluding carboxylic acids is 1. The van der Waals surface area contributed by atoms with Crippen molar-refractivity contribution in [3.05, 3.63) is 17.7 Å². The summed E-state index contributed by atoms with van der Waals surface area (Å²) in [5, 5.41) is 21.8. The Morgan fingerprint density at radius 3 is 2.75 bits per heavy atom. The van der Waals surface area contributed by atoms with Gasteiger partial charge in [-0.25, -0.2) is 9.78 Å². The first-order valence-corrected chi connectivity index (χ1v) is 6.68. The molecule has 0 aliphatic heterocycles. The number of nitrogens with one attached hydrogen (secondary N) is 2. The standard InChI is InChI=1S/C13H19N3O4/c1-8-2-4-13(20,5-3-8)6-14-11(17)9-10(12(18)19)16-7-15-9/h7-8,20H,2-6H2,1H3,(H,14,17)(H,15,16)(H,18,19). The van der Waals surface area contributed by atoms with Crippen molar-refractivity contribution in [1.29, 1.82) is 0 Å². The fourth-order valence-electron chi connectivity index (χ4n) is 2.43. The third-order valence-corrected chi connectivity index (χ3v) is 3.85. The van der Waals surface area contributed by atoms with E-state index < -0.39 is 17.5 Å². The van der Waals surface area contributed by atoms with E-state index in [1.54, 1.807) is 0 Å². The Morgan fingerprint density at radius 2 is 2.15 bits per heavy atom. The number of carbonyl (C=O) groups is 2. The minimum absolute atomic E-state index is 0.116. The molecule has 0 atom stereocenters. The molecule has 0 radical (unpaired) electrons. The van der Waals surface area contributed by atoms with E-state index in [9.17, 15) is 14.7 Å². The number of rotatable bonds is 4. The average molecular weight is 281 g/mol. The Balaban J connectivity index is 1.95. The molecule has 1 heterocycles. The van der Waals surface area contributed by atoms with Crippen LogP contribution in [0.2, 0.25) is 0 Å². The topological polar surface area (TPSA) is 115 Å². The van der Waals surface area contributed by atoms with Crippen LogP contribution in [-0.4, -0.2) is 44.2 Å². The predicted octanol–water partition coefficient (Wildman–Crippen LogP) is 0.779. The number of carboxylic acids is 1. The van der Waals surface area contributed by atoms with Gasteiger partial charge in [-0.2, -0.15) is 0 Å². The molecule has 1 aromatic heterocycles. The smallest absolute Gasteiger partial charge is 0.354 e. The van der Waals surface area contributed by atoms with Crippen LogP contribution in [0, 0.1) is 5.92 Å². The number of imidazole rings is 1. The van der Waals surface area contributed by atoms with Gasteiger partial charge in [0.05, 0.1) is 11.9 Å². The van der Waals surface area contributed by atoms with Crippen LogP contribution in [0.25, 0.3) is 0 Å². The summed E-state index contributed by atoms with van der Waals surface area (Å²) in [6.07, 6.45) is 4.29. The highest BCUT2D eigenvalue weighted by molar-refractivity contribution is 6.02. The molecule has 0 spiro atoms. The molecule has 2 rings (SSSR count). The van der Waals surface area contributed by atoms with Crippen LogP contribution in [-0.2, 0) is 0 Å². The van der Waals surface area contributed by atoms with Gasteiger partial charge in [0.25, 0.3) is 5.91 Å². The van der Waals surface area contributed by atoms with Crippen LogP contribution in [0.15, 0.2) is 6.33 Å². The lowest BCUT2D eigenvalue weighted by atomic mass is 9.79. The number of hydrogen-bond acceptors (Lipinski definition) is 4. The van der Waals surface area contributed by atoms with Gasteiger partial charge in [0, 0.05) is 6.54 Å². The van der Waals surface area contributed by atoms with Crippen molar-refractivity contribution in [3.63, 3.8) is 0 Å². The zero-order chi connectivity index (χ0) is 14.8. The minimum atomic E-state index is -1.24. The van der Waals surface area contributed by atoms with Gasteiger partial charge in [-0.15, -0.1) is 0 Å². The highest BCUT2D eigenvalue weighted by atomic mass is 16.4. The molecule has 0 bridgehead atoms. The zero-order valence-corrected chi connectivity index (χ0v) is 11.3. The Kier molecular flexibility index (Phi) is 4.08. The van der Waals surface area contributed by atoms with Crippen molar-refractivity contribution < 1.29 is 19.8 Å². The fourth-order valence-corrected chi connectivity index (χ4v) is 2.43. The third kappa shape index (κ3) is 3.16. The molecule has 0 aromatic carbocycles. The molecule has 20 heavy (non-hydrogen) atoms. The van der Waals surface area contributed by atoms with Gasteiger partial charge in [-0.1, -0.05) is 6.92 Å². The van der Waals surface area contributed by atoms with Crippen LogP contribution in [0.4, 0.5) is 0 Å². The zero-order valence-electron chi connectivity index (χ0n) is 11.3. The van der Waals surface area contributed by atoms with Crippen LogP contribution in [0.1, 0.15) is 53.6 Å². The van der Waals surface area contributed by atoms with Crippen molar-refractivity contribution >= 4 is 11.9 Å². The first-order valence-electron chi connectivity index (χ1n) is 6.68. The molecule has 4 N–H and O–H groups in total. The van der Waals surface area contributed by atoms with Crippen molar-refractivity contribution in [1.82, 2.24) is 15.3 Å². The third-order valence-electron chi connectivity index (χ3n) is 3.85. The molecule has 1 aliphatic carbocycles. The van der Waals surface area contributed by atoms with Crippen LogP contribution in [0.5, 0.6) is 0 Å². The van der Waals surface area contributed by atoms with Gasteiger partial charge in [-0.05, 0) is 31.6 Å². The molecular formula is C13H19N3O4. The van der Waals surface area contributed by atoms with Gasteiger partial charge < -0.3 is 20.5 Å². The number of aromatic carboxylic acids is 1. The predicted molar refractivity (Wildman–Crippen MR) is 70.5 cm³/mol. The maximum Gasteiger partial charge on any atom is 0.354 e. The summed E-state index contributed by atoms with van der Waals surface area (Å²) in [6.45, 7) is 2.26. The SMILES string of the molecule is CC1CCC(O)(CNC(=O)c2nc[nH]c2C(=O)O)CC1. The second kappa shape index (κ2) is 5.62. The van der Waals surface area contributed by atoms with Crippen molar-refractivity contribution in [2.75, 3.05) is 6.54 Å². The monoisotopic (exact) mass is 281 g/mol. The lowest BCUT2D eigenvalue weighted by molar-refractivity contribution is -0.00543. The summed E-state index contributed by atoms with van der Waals surface area (Å²) in [4.78, 5) is 28.9. The van der Waals surface area contributed by atoms with Crippen molar-refractivity contribution in [2.24, 2.45) is 5.92 Å². The molecule has 1 amide bonds. The Hall–Kier alpha value is -1.89. The molecule has 7 heteroatoms. The highest BCUT2D eigenvalue weighted by Gasteiger charge is 2.32. The largest absolute Gasteiger partial charge is 0.477 e. The van der Waals surface area contributed by atoms with Crippen LogP contribution in [0.3, 0.4) is 0 Å². The van der Waals surface area contributed by atoms with Gasteiger partial charge in [0.1, 0.15) is 0 Å². The summed E-state index contributed by atoms with van der Waals surface area (Å²) < 4.78 is 0. The van der Waals surface area contributed by atoms with Gasteiger partial charge in [-0.3, -0.25) is 4.79 Å². The summed E-state index contributed by atoms with van der Waals surface area (Å²) in [7, 11) is 0. The number of amides is 1. The summed E-state index contributed by atoms with van der Waals surface area (Å²) in [5.41, 5.74) is -1.31.